The van der Waals surface area contributed by atoms with Gasteiger partial charge in [0.2, 0.25) is 0 Å². The van der Waals surface area contributed by atoms with Crippen LogP contribution >= 0.6 is 0 Å². The number of methoxy groups -OCH3 is 2. The Balaban J connectivity index is 2.05. The monoisotopic (exact) mass is 387 g/mol. The molecule has 2 rings (SSSR count). The third-order valence-corrected chi connectivity index (χ3v) is 4.16. The predicted octanol–water partition coefficient (Wildman–Crippen LogP) is 1.89. The number of carbonyl (C=O) groups is 2. The summed E-state index contributed by atoms with van der Waals surface area (Å²) in [6.45, 7) is 1.56. The largest absolute Gasteiger partial charge is 0.493 e. The maximum atomic E-state index is 12.6. The summed E-state index contributed by atoms with van der Waals surface area (Å²) in [6, 6.07) is 12.1. The Morgan fingerprint density at radius 1 is 1.07 bits per heavy atom. The van der Waals surface area contributed by atoms with Gasteiger partial charge < -0.3 is 24.6 Å². The van der Waals surface area contributed by atoms with Crippen LogP contribution in [0.25, 0.3) is 0 Å². The van der Waals surface area contributed by atoms with Gasteiger partial charge in [0.1, 0.15) is 0 Å². The van der Waals surface area contributed by atoms with E-state index in [0.29, 0.717) is 23.5 Å². The van der Waals surface area contributed by atoms with Crippen molar-refractivity contribution >= 4 is 11.9 Å². The van der Waals surface area contributed by atoms with E-state index in [1.54, 1.807) is 12.1 Å². The summed E-state index contributed by atoms with van der Waals surface area (Å²) >= 11 is 0. The molecule has 0 radical (unpaired) electrons. The van der Waals surface area contributed by atoms with E-state index in [2.05, 4.69) is 10.1 Å². The van der Waals surface area contributed by atoms with Gasteiger partial charge in [0, 0.05) is 5.56 Å². The summed E-state index contributed by atoms with van der Waals surface area (Å²) in [5.74, 6) is -0.229. The van der Waals surface area contributed by atoms with Crippen LogP contribution in [0.4, 0.5) is 0 Å². The van der Waals surface area contributed by atoms with Gasteiger partial charge in [0.15, 0.2) is 18.1 Å². The molecule has 2 aromatic carbocycles. The van der Waals surface area contributed by atoms with Crippen LogP contribution in [0.1, 0.15) is 21.5 Å². The van der Waals surface area contributed by atoms with Crippen LogP contribution < -0.4 is 14.8 Å². The number of nitrogens with one attached hydrogen (secondary N) is 1. The number of benzene rings is 2. The molecule has 0 aliphatic rings. The molecule has 0 unspecified atom stereocenters. The molecule has 150 valence electrons. The first-order valence-corrected chi connectivity index (χ1v) is 8.81. The minimum atomic E-state index is -0.522. The zero-order valence-electron chi connectivity index (χ0n) is 16.2. The lowest BCUT2D eigenvalue weighted by Crippen LogP contribution is -2.39. The molecule has 2 N–H and O–H groups in total. The van der Waals surface area contributed by atoms with Crippen molar-refractivity contribution in [3.8, 4) is 11.5 Å². The van der Waals surface area contributed by atoms with E-state index >= 15 is 0 Å². The maximum Gasteiger partial charge on any atom is 0.343 e. The molecule has 2 aromatic rings. The molecule has 28 heavy (non-hydrogen) atoms. The maximum absolute atomic E-state index is 12.6. The van der Waals surface area contributed by atoms with Crippen molar-refractivity contribution in [2.45, 2.75) is 19.4 Å². The predicted molar refractivity (Wildman–Crippen MR) is 104 cm³/mol. The summed E-state index contributed by atoms with van der Waals surface area (Å²) in [5, 5.41) is 12.4. The number of hydrogen-bond donors (Lipinski definition) is 2. The Labute approximate surface area is 164 Å². The number of hydrogen-bond acceptors (Lipinski definition) is 6. The van der Waals surface area contributed by atoms with Crippen LogP contribution in [0.5, 0.6) is 11.5 Å². The van der Waals surface area contributed by atoms with E-state index in [4.69, 9.17) is 9.47 Å². The van der Waals surface area contributed by atoms with E-state index in [-0.39, 0.29) is 19.1 Å². The van der Waals surface area contributed by atoms with Gasteiger partial charge in [-0.15, -0.1) is 0 Å². The van der Waals surface area contributed by atoms with Crippen molar-refractivity contribution in [1.82, 2.24) is 5.32 Å². The van der Waals surface area contributed by atoms with Gasteiger partial charge in [-0.05, 0) is 37.1 Å². The Kier molecular flexibility index (Phi) is 7.83. The minimum Gasteiger partial charge on any atom is -0.493 e. The molecule has 1 atom stereocenters. The fourth-order valence-electron chi connectivity index (χ4n) is 2.56. The fraction of sp³-hybridized carbons (Fsp3) is 0.333. The Morgan fingerprint density at radius 2 is 1.79 bits per heavy atom. The van der Waals surface area contributed by atoms with Crippen LogP contribution in [-0.2, 0) is 16.0 Å². The molecule has 1 amide bonds. The summed E-state index contributed by atoms with van der Waals surface area (Å²) in [7, 11) is 2.71. The van der Waals surface area contributed by atoms with Crippen molar-refractivity contribution < 1.29 is 28.9 Å². The van der Waals surface area contributed by atoms with Gasteiger partial charge in [-0.3, -0.25) is 4.79 Å². The smallest absolute Gasteiger partial charge is 0.343 e. The van der Waals surface area contributed by atoms with Crippen LogP contribution in [0, 0.1) is 6.92 Å². The SMILES string of the molecule is COC(=O)COc1ccc(C(=O)N[C@H](CO)Cc2ccc(C)cc2)cc1OC. The Morgan fingerprint density at radius 3 is 2.39 bits per heavy atom. The lowest BCUT2D eigenvalue weighted by Gasteiger charge is -2.17. The first-order chi connectivity index (χ1) is 13.5. The number of rotatable bonds is 9. The highest BCUT2D eigenvalue weighted by atomic mass is 16.6. The molecule has 0 heterocycles. The summed E-state index contributed by atoms with van der Waals surface area (Å²) in [4.78, 5) is 23.8. The normalized spacial score (nSPS) is 11.4. The van der Waals surface area contributed by atoms with Gasteiger partial charge in [-0.2, -0.15) is 0 Å². The number of carbonyl (C=O) groups excluding carboxylic acids is 2. The number of aliphatic hydroxyl groups excluding tert-OH is 1. The number of amides is 1. The molecule has 0 bridgehead atoms. The van der Waals surface area contributed by atoms with Crippen LogP contribution in [0.2, 0.25) is 0 Å². The van der Waals surface area contributed by atoms with Gasteiger partial charge >= 0.3 is 5.97 Å². The second-order valence-corrected chi connectivity index (χ2v) is 6.27. The number of ether oxygens (including phenoxy) is 3. The third-order valence-electron chi connectivity index (χ3n) is 4.16. The van der Waals surface area contributed by atoms with Crippen molar-refractivity contribution in [2.24, 2.45) is 0 Å². The number of aryl methyl sites for hydroxylation is 1. The lowest BCUT2D eigenvalue weighted by molar-refractivity contribution is -0.142. The zero-order valence-corrected chi connectivity index (χ0v) is 16.2. The van der Waals surface area contributed by atoms with Crippen molar-refractivity contribution in [2.75, 3.05) is 27.4 Å². The second kappa shape index (κ2) is 10.3. The molecule has 0 spiro atoms. The van der Waals surface area contributed by atoms with E-state index in [9.17, 15) is 14.7 Å². The Hall–Kier alpha value is -3.06. The first kappa shape index (κ1) is 21.2. The highest BCUT2D eigenvalue weighted by molar-refractivity contribution is 5.95. The average molecular weight is 387 g/mol. The molecule has 0 aliphatic heterocycles. The zero-order chi connectivity index (χ0) is 20.5. The van der Waals surface area contributed by atoms with E-state index in [0.717, 1.165) is 11.1 Å². The Bertz CT molecular complexity index is 803. The van der Waals surface area contributed by atoms with Crippen LogP contribution in [0.3, 0.4) is 0 Å². The molecule has 7 nitrogen and oxygen atoms in total. The molecular weight excluding hydrogens is 362 g/mol. The molecule has 7 heteroatoms. The molecule has 0 saturated heterocycles. The standard InChI is InChI=1S/C21H25NO6/c1-14-4-6-15(7-5-14)10-17(12-23)22-21(25)16-8-9-18(19(11-16)26-2)28-13-20(24)27-3/h4-9,11,17,23H,10,12-13H2,1-3H3,(H,22,25)/t17-/m0/s1. The van der Waals surface area contributed by atoms with Gasteiger partial charge in [0.05, 0.1) is 26.9 Å². The van der Waals surface area contributed by atoms with E-state index in [1.807, 2.05) is 31.2 Å². The third kappa shape index (κ3) is 5.99. The fourth-order valence-corrected chi connectivity index (χ4v) is 2.56. The lowest BCUT2D eigenvalue weighted by atomic mass is 10.0. The average Bonchev–Trinajstić information content (AvgIpc) is 2.72. The highest BCUT2D eigenvalue weighted by Gasteiger charge is 2.16. The van der Waals surface area contributed by atoms with Crippen molar-refractivity contribution in [1.29, 1.82) is 0 Å². The van der Waals surface area contributed by atoms with Crippen LogP contribution in [0.15, 0.2) is 42.5 Å². The minimum absolute atomic E-state index is 0.183. The molecule has 0 fully saturated rings. The molecule has 0 aliphatic carbocycles. The number of esters is 1. The molecule has 0 aromatic heterocycles. The molecular formula is C21H25NO6. The summed E-state index contributed by atoms with van der Waals surface area (Å²) in [5.41, 5.74) is 2.52. The number of aliphatic hydroxyl groups is 1. The van der Waals surface area contributed by atoms with Crippen LogP contribution in [-0.4, -0.2) is 50.5 Å². The topological polar surface area (TPSA) is 94.1 Å². The van der Waals surface area contributed by atoms with E-state index < -0.39 is 12.0 Å². The van der Waals surface area contributed by atoms with E-state index in [1.165, 1.54) is 20.3 Å². The molecule has 0 saturated carbocycles. The summed E-state index contributed by atoms with van der Waals surface area (Å²) in [6.07, 6.45) is 0.514. The van der Waals surface area contributed by atoms with Crippen molar-refractivity contribution in [3.63, 3.8) is 0 Å². The highest BCUT2D eigenvalue weighted by Crippen LogP contribution is 2.28. The quantitative estimate of drug-likeness (QED) is 0.638. The van der Waals surface area contributed by atoms with Crippen molar-refractivity contribution in [3.05, 3.63) is 59.2 Å². The van der Waals surface area contributed by atoms with Gasteiger partial charge in [-0.25, -0.2) is 4.79 Å². The van der Waals surface area contributed by atoms with Gasteiger partial charge in [-0.1, -0.05) is 29.8 Å². The van der Waals surface area contributed by atoms with Gasteiger partial charge in [0.25, 0.3) is 5.91 Å². The summed E-state index contributed by atoms with van der Waals surface area (Å²) < 4.78 is 15.1. The second-order valence-electron chi connectivity index (χ2n) is 6.27. The first-order valence-electron chi connectivity index (χ1n) is 8.81.